The first-order valence-corrected chi connectivity index (χ1v) is 11.5. The average molecular weight is 457 g/mol. The number of hydrogen-bond acceptors (Lipinski definition) is 4. The van der Waals surface area contributed by atoms with E-state index in [0.29, 0.717) is 5.76 Å². The summed E-state index contributed by atoms with van der Waals surface area (Å²) in [6.45, 7) is 5.45. The molecule has 0 radical (unpaired) electrons. The second-order valence-electron chi connectivity index (χ2n) is 7.29. The summed E-state index contributed by atoms with van der Waals surface area (Å²) < 4.78 is 46.1. The molecule has 2 aromatic carbocycles. The average Bonchev–Trinajstić information content (AvgIpc) is 3.18. The minimum atomic E-state index is -4.03. The molecule has 8 heteroatoms. The molecule has 0 N–H and O–H groups in total. The molecule has 168 valence electrons. The van der Waals surface area contributed by atoms with Gasteiger partial charge in [-0.05, 0) is 48.9 Å². The molecule has 0 atom stereocenters. The zero-order valence-electron chi connectivity index (χ0n) is 17.8. The maximum absolute atomic E-state index is 13.3. The third kappa shape index (κ3) is 5.93. The summed E-state index contributed by atoms with van der Waals surface area (Å²) in [7, 11) is -4.03. The highest BCUT2D eigenvalue weighted by molar-refractivity contribution is 7.89. The van der Waals surface area contributed by atoms with Gasteiger partial charge in [0.1, 0.15) is 17.3 Å². The molecule has 0 fully saturated rings. The highest BCUT2D eigenvalue weighted by atomic mass is 32.2. The van der Waals surface area contributed by atoms with Gasteiger partial charge in [-0.15, -0.1) is 6.58 Å². The number of nitrogens with zero attached hydrogens (tertiary/aromatic N) is 2. The third-order valence-corrected chi connectivity index (χ3v) is 6.63. The van der Waals surface area contributed by atoms with Crippen LogP contribution in [0.25, 0.3) is 0 Å². The standard InChI is InChI=1S/C24H25FN2O4S/c1-3-15-27(32(29,30)23-13-10-21(25)11-14-23)18-24(28)26(16-20-7-5-4-6-8-20)17-22-12-9-19(2)31-22/h3-14H,1,15-18H2,2H3. The van der Waals surface area contributed by atoms with Gasteiger partial charge in [0.25, 0.3) is 0 Å². The molecular formula is C24H25FN2O4S. The topological polar surface area (TPSA) is 70.8 Å². The Morgan fingerprint density at radius 1 is 1.03 bits per heavy atom. The van der Waals surface area contributed by atoms with E-state index >= 15 is 0 Å². The van der Waals surface area contributed by atoms with Gasteiger partial charge in [-0.25, -0.2) is 12.8 Å². The van der Waals surface area contributed by atoms with E-state index in [9.17, 15) is 17.6 Å². The fourth-order valence-corrected chi connectivity index (χ4v) is 4.55. The minimum absolute atomic E-state index is 0.0650. The van der Waals surface area contributed by atoms with Crippen LogP contribution < -0.4 is 0 Å². The van der Waals surface area contributed by atoms with Crippen molar-refractivity contribution in [2.75, 3.05) is 13.1 Å². The molecule has 1 aromatic heterocycles. The number of carbonyl (C=O) groups excluding carboxylic acids is 1. The predicted octanol–water partition coefficient (Wildman–Crippen LogP) is 4.13. The van der Waals surface area contributed by atoms with Gasteiger partial charge in [0.05, 0.1) is 18.0 Å². The molecule has 3 aromatic rings. The van der Waals surface area contributed by atoms with E-state index in [4.69, 9.17) is 4.42 Å². The zero-order valence-corrected chi connectivity index (χ0v) is 18.6. The summed E-state index contributed by atoms with van der Waals surface area (Å²) in [6.07, 6.45) is 1.41. The van der Waals surface area contributed by atoms with E-state index in [1.807, 2.05) is 43.3 Å². The summed E-state index contributed by atoms with van der Waals surface area (Å²) in [6, 6.07) is 17.5. The molecule has 0 aliphatic heterocycles. The lowest BCUT2D eigenvalue weighted by molar-refractivity contribution is -0.132. The number of halogens is 1. The number of rotatable bonds is 10. The first-order valence-electron chi connectivity index (χ1n) is 10.0. The molecule has 6 nitrogen and oxygen atoms in total. The summed E-state index contributed by atoms with van der Waals surface area (Å²) >= 11 is 0. The molecule has 0 spiro atoms. The molecular weight excluding hydrogens is 431 g/mol. The Morgan fingerprint density at radius 3 is 2.31 bits per heavy atom. The van der Waals surface area contributed by atoms with Crippen molar-refractivity contribution in [1.82, 2.24) is 9.21 Å². The Morgan fingerprint density at radius 2 is 1.72 bits per heavy atom. The highest BCUT2D eigenvalue weighted by Crippen LogP contribution is 2.18. The Hall–Kier alpha value is -3.23. The molecule has 0 unspecified atom stereocenters. The van der Waals surface area contributed by atoms with Crippen molar-refractivity contribution in [2.45, 2.75) is 24.9 Å². The van der Waals surface area contributed by atoms with E-state index in [1.165, 1.54) is 18.2 Å². The number of benzene rings is 2. The molecule has 0 saturated carbocycles. The SMILES string of the molecule is C=CCN(CC(=O)N(Cc1ccccc1)Cc1ccc(C)o1)S(=O)(=O)c1ccc(F)cc1. The van der Waals surface area contributed by atoms with E-state index in [-0.39, 0.29) is 24.5 Å². The largest absolute Gasteiger partial charge is 0.464 e. The third-order valence-electron chi connectivity index (χ3n) is 4.81. The molecule has 1 heterocycles. The predicted molar refractivity (Wildman–Crippen MR) is 119 cm³/mol. The van der Waals surface area contributed by atoms with Crippen molar-refractivity contribution >= 4 is 15.9 Å². The van der Waals surface area contributed by atoms with Crippen molar-refractivity contribution < 1.29 is 22.0 Å². The second-order valence-corrected chi connectivity index (χ2v) is 9.23. The Bertz CT molecular complexity index is 1160. The lowest BCUT2D eigenvalue weighted by Crippen LogP contribution is -2.42. The Labute approximate surface area is 187 Å². The van der Waals surface area contributed by atoms with Crippen LogP contribution in [0.2, 0.25) is 0 Å². The molecule has 0 aliphatic rings. The first-order chi connectivity index (χ1) is 15.3. The smallest absolute Gasteiger partial charge is 0.243 e. The van der Waals surface area contributed by atoms with Gasteiger partial charge in [-0.2, -0.15) is 4.31 Å². The quantitative estimate of drug-likeness (QED) is 0.430. The molecule has 32 heavy (non-hydrogen) atoms. The van der Waals surface area contributed by atoms with Gasteiger partial charge in [0.2, 0.25) is 15.9 Å². The maximum Gasteiger partial charge on any atom is 0.243 e. The van der Waals surface area contributed by atoms with Gasteiger partial charge in [0, 0.05) is 13.1 Å². The normalized spacial score (nSPS) is 11.5. The lowest BCUT2D eigenvalue weighted by atomic mass is 10.2. The van der Waals surface area contributed by atoms with Crippen LogP contribution in [-0.4, -0.2) is 36.6 Å². The summed E-state index contributed by atoms with van der Waals surface area (Å²) in [5.41, 5.74) is 0.904. The van der Waals surface area contributed by atoms with Crippen LogP contribution >= 0.6 is 0 Å². The first kappa shape index (κ1) is 23.4. The fraction of sp³-hybridized carbons (Fsp3) is 0.208. The van der Waals surface area contributed by atoms with Crippen LogP contribution in [-0.2, 0) is 27.9 Å². The number of carbonyl (C=O) groups is 1. The second kappa shape index (κ2) is 10.4. The molecule has 1 amide bonds. The minimum Gasteiger partial charge on any atom is -0.464 e. The molecule has 0 bridgehead atoms. The lowest BCUT2D eigenvalue weighted by Gasteiger charge is -2.26. The van der Waals surface area contributed by atoms with Crippen molar-refractivity contribution in [3.05, 3.63) is 102 Å². The fourth-order valence-electron chi connectivity index (χ4n) is 3.19. The Kier molecular flexibility index (Phi) is 7.61. The van der Waals surface area contributed by atoms with Gasteiger partial charge < -0.3 is 9.32 Å². The van der Waals surface area contributed by atoms with E-state index < -0.39 is 28.3 Å². The van der Waals surface area contributed by atoms with Gasteiger partial charge >= 0.3 is 0 Å². The summed E-state index contributed by atoms with van der Waals surface area (Å²) in [4.78, 5) is 14.7. The number of sulfonamides is 1. The van der Waals surface area contributed by atoms with E-state index in [1.54, 1.807) is 11.0 Å². The monoisotopic (exact) mass is 456 g/mol. The van der Waals surface area contributed by atoms with Crippen LogP contribution in [0.3, 0.4) is 0 Å². The summed E-state index contributed by atoms with van der Waals surface area (Å²) in [5.74, 6) is 0.385. The van der Waals surface area contributed by atoms with Crippen molar-refractivity contribution in [3.8, 4) is 0 Å². The van der Waals surface area contributed by atoms with Crippen LogP contribution in [0.5, 0.6) is 0 Å². The van der Waals surface area contributed by atoms with Crippen LogP contribution in [0.1, 0.15) is 17.1 Å². The highest BCUT2D eigenvalue weighted by Gasteiger charge is 2.28. The van der Waals surface area contributed by atoms with Crippen molar-refractivity contribution in [1.29, 1.82) is 0 Å². The molecule has 0 saturated heterocycles. The van der Waals surface area contributed by atoms with Crippen LogP contribution in [0.15, 0.2) is 88.7 Å². The number of amides is 1. The van der Waals surface area contributed by atoms with Crippen molar-refractivity contribution in [2.24, 2.45) is 0 Å². The zero-order chi connectivity index (χ0) is 23.1. The van der Waals surface area contributed by atoms with Crippen molar-refractivity contribution in [3.63, 3.8) is 0 Å². The number of furan rings is 1. The molecule has 3 rings (SSSR count). The van der Waals surface area contributed by atoms with Gasteiger partial charge in [-0.1, -0.05) is 36.4 Å². The number of aryl methyl sites for hydroxylation is 1. The van der Waals surface area contributed by atoms with Crippen LogP contribution in [0, 0.1) is 12.7 Å². The van der Waals surface area contributed by atoms with Crippen LogP contribution in [0.4, 0.5) is 4.39 Å². The van der Waals surface area contributed by atoms with Gasteiger partial charge in [0.15, 0.2) is 0 Å². The maximum atomic E-state index is 13.3. The van der Waals surface area contributed by atoms with E-state index in [2.05, 4.69) is 6.58 Å². The summed E-state index contributed by atoms with van der Waals surface area (Å²) in [5, 5.41) is 0. The van der Waals surface area contributed by atoms with Gasteiger partial charge in [-0.3, -0.25) is 4.79 Å². The Balaban J connectivity index is 1.85. The molecule has 0 aliphatic carbocycles. The number of hydrogen-bond donors (Lipinski definition) is 0. The van der Waals surface area contributed by atoms with E-state index in [0.717, 1.165) is 27.8 Å².